The maximum Gasteiger partial charge on any atom is 0.0702 e. The smallest absolute Gasteiger partial charge is 0.0702 e. The fourth-order valence-corrected chi connectivity index (χ4v) is 3.65. The largest absolute Gasteiger partial charge is 0.377 e. The molecule has 4 atom stereocenters. The molecule has 108 valence electrons. The van der Waals surface area contributed by atoms with Crippen molar-refractivity contribution in [3.05, 3.63) is 0 Å². The number of rotatable bonds is 4. The van der Waals surface area contributed by atoms with Gasteiger partial charge in [-0.3, -0.25) is 4.90 Å². The van der Waals surface area contributed by atoms with E-state index >= 15 is 0 Å². The van der Waals surface area contributed by atoms with Crippen LogP contribution in [0.15, 0.2) is 0 Å². The number of hydrogen-bond acceptors (Lipinski definition) is 3. The molecule has 3 nitrogen and oxygen atoms in total. The van der Waals surface area contributed by atoms with Gasteiger partial charge in [0, 0.05) is 19.2 Å². The van der Waals surface area contributed by atoms with Crippen molar-refractivity contribution in [3.63, 3.8) is 0 Å². The van der Waals surface area contributed by atoms with Crippen molar-refractivity contribution in [1.29, 1.82) is 5.26 Å². The Labute approximate surface area is 117 Å². The molecular weight excluding hydrogens is 236 g/mol. The third-order valence-electron chi connectivity index (χ3n) is 5.00. The van der Waals surface area contributed by atoms with E-state index in [0.717, 1.165) is 25.5 Å². The molecule has 2 aliphatic rings. The van der Waals surface area contributed by atoms with Gasteiger partial charge in [-0.1, -0.05) is 13.3 Å². The molecule has 19 heavy (non-hydrogen) atoms. The molecule has 0 radical (unpaired) electrons. The van der Waals surface area contributed by atoms with E-state index in [4.69, 9.17) is 4.74 Å². The molecule has 4 unspecified atom stereocenters. The third-order valence-corrected chi connectivity index (χ3v) is 5.00. The highest BCUT2D eigenvalue weighted by Crippen LogP contribution is 2.33. The molecule has 2 fully saturated rings. The molecule has 0 spiro atoms. The second-order valence-corrected chi connectivity index (χ2v) is 6.32. The van der Waals surface area contributed by atoms with E-state index in [1.165, 1.54) is 38.5 Å². The van der Waals surface area contributed by atoms with Crippen molar-refractivity contribution >= 4 is 0 Å². The Morgan fingerprint density at radius 1 is 1.26 bits per heavy atom. The van der Waals surface area contributed by atoms with Gasteiger partial charge in [-0.15, -0.1) is 0 Å². The normalized spacial score (nSPS) is 36.1. The summed E-state index contributed by atoms with van der Waals surface area (Å²) in [5.74, 6) is 1.03. The molecule has 0 bridgehead atoms. The Hall–Kier alpha value is -0.590. The summed E-state index contributed by atoms with van der Waals surface area (Å²) in [6.07, 6.45) is 8.84. The molecule has 1 heterocycles. The summed E-state index contributed by atoms with van der Waals surface area (Å²) in [4.78, 5) is 2.41. The van der Waals surface area contributed by atoms with E-state index in [9.17, 15) is 5.26 Å². The highest BCUT2D eigenvalue weighted by Gasteiger charge is 2.33. The molecule has 2 rings (SSSR count). The lowest BCUT2D eigenvalue weighted by molar-refractivity contribution is -0.0167. The van der Waals surface area contributed by atoms with E-state index in [1.54, 1.807) is 0 Å². The molecule has 1 saturated heterocycles. The van der Waals surface area contributed by atoms with Gasteiger partial charge in [-0.05, 0) is 51.5 Å². The minimum atomic E-state index is 0.219. The lowest BCUT2D eigenvalue weighted by atomic mass is 9.77. The van der Waals surface area contributed by atoms with Crippen LogP contribution >= 0.6 is 0 Å². The van der Waals surface area contributed by atoms with Crippen molar-refractivity contribution in [3.8, 4) is 6.07 Å². The number of likely N-dealkylation sites (N-methyl/N-ethyl adjacent to an activating group) is 1. The molecule has 1 saturated carbocycles. The van der Waals surface area contributed by atoms with Crippen molar-refractivity contribution in [2.45, 2.75) is 64.0 Å². The highest BCUT2D eigenvalue weighted by atomic mass is 16.5. The zero-order valence-corrected chi connectivity index (χ0v) is 12.5. The Morgan fingerprint density at radius 2 is 2.11 bits per heavy atom. The van der Waals surface area contributed by atoms with Gasteiger partial charge in [-0.25, -0.2) is 0 Å². The van der Waals surface area contributed by atoms with Gasteiger partial charge < -0.3 is 4.74 Å². The SMILES string of the molecule is CCC1CCC(C#N)C(N(C)CC2CCCCO2)C1. The average molecular weight is 264 g/mol. The van der Waals surface area contributed by atoms with Crippen LogP contribution in [0.3, 0.4) is 0 Å². The second-order valence-electron chi connectivity index (χ2n) is 6.32. The molecule has 0 aromatic carbocycles. The van der Waals surface area contributed by atoms with Crippen LogP contribution in [0.25, 0.3) is 0 Å². The topological polar surface area (TPSA) is 36.3 Å². The minimum absolute atomic E-state index is 0.219. The first-order chi connectivity index (χ1) is 9.24. The summed E-state index contributed by atoms with van der Waals surface area (Å²) in [7, 11) is 2.19. The fourth-order valence-electron chi connectivity index (χ4n) is 3.65. The van der Waals surface area contributed by atoms with Crippen LogP contribution in [0.5, 0.6) is 0 Å². The van der Waals surface area contributed by atoms with Crippen molar-refractivity contribution in [2.75, 3.05) is 20.2 Å². The van der Waals surface area contributed by atoms with Crippen LogP contribution in [0.4, 0.5) is 0 Å². The number of nitrogens with zero attached hydrogens (tertiary/aromatic N) is 2. The molecule has 0 N–H and O–H groups in total. The Kier molecular flexibility index (Phi) is 5.66. The monoisotopic (exact) mass is 264 g/mol. The van der Waals surface area contributed by atoms with E-state index < -0.39 is 0 Å². The molecule has 0 aromatic rings. The van der Waals surface area contributed by atoms with Gasteiger partial charge >= 0.3 is 0 Å². The van der Waals surface area contributed by atoms with Crippen LogP contribution < -0.4 is 0 Å². The van der Waals surface area contributed by atoms with Crippen LogP contribution in [-0.4, -0.2) is 37.2 Å². The average Bonchev–Trinajstić information content (AvgIpc) is 2.47. The maximum atomic E-state index is 9.37. The maximum absolute atomic E-state index is 9.37. The first-order valence-electron chi connectivity index (χ1n) is 7.96. The lowest BCUT2D eigenvalue weighted by Gasteiger charge is -2.40. The van der Waals surface area contributed by atoms with E-state index in [2.05, 4.69) is 24.9 Å². The molecular formula is C16H28N2O. The summed E-state index contributed by atoms with van der Waals surface area (Å²) >= 11 is 0. The van der Waals surface area contributed by atoms with Crippen LogP contribution in [0.2, 0.25) is 0 Å². The summed E-state index contributed by atoms with van der Waals surface area (Å²) in [5.41, 5.74) is 0. The number of nitriles is 1. The molecule has 1 aliphatic carbocycles. The van der Waals surface area contributed by atoms with Crippen LogP contribution in [0, 0.1) is 23.2 Å². The van der Waals surface area contributed by atoms with E-state index in [1.807, 2.05) is 0 Å². The Balaban J connectivity index is 1.90. The van der Waals surface area contributed by atoms with Gasteiger partial charge in [-0.2, -0.15) is 5.26 Å². The second kappa shape index (κ2) is 7.26. The van der Waals surface area contributed by atoms with Gasteiger partial charge in [0.1, 0.15) is 0 Å². The Morgan fingerprint density at radius 3 is 2.74 bits per heavy atom. The lowest BCUT2D eigenvalue weighted by Crippen LogP contribution is -2.45. The fraction of sp³-hybridized carbons (Fsp3) is 0.938. The van der Waals surface area contributed by atoms with Crippen molar-refractivity contribution < 1.29 is 4.74 Å². The third kappa shape index (κ3) is 3.94. The first-order valence-corrected chi connectivity index (χ1v) is 7.96. The zero-order chi connectivity index (χ0) is 13.7. The van der Waals surface area contributed by atoms with Crippen LogP contribution in [0.1, 0.15) is 51.9 Å². The van der Waals surface area contributed by atoms with E-state index in [0.29, 0.717) is 12.1 Å². The van der Waals surface area contributed by atoms with Gasteiger partial charge in [0.05, 0.1) is 18.1 Å². The Bertz CT molecular complexity index is 306. The van der Waals surface area contributed by atoms with Gasteiger partial charge in [0.15, 0.2) is 0 Å². The molecule has 0 amide bonds. The predicted molar refractivity (Wildman–Crippen MR) is 76.7 cm³/mol. The van der Waals surface area contributed by atoms with Crippen molar-refractivity contribution in [2.24, 2.45) is 11.8 Å². The van der Waals surface area contributed by atoms with E-state index in [-0.39, 0.29) is 5.92 Å². The summed E-state index contributed by atoms with van der Waals surface area (Å²) in [6.45, 7) is 4.19. The minimum Gasteiger partial charge on any atom is -0.377 e. The highest BCUT2D eigenvalue weighted by molar-refractivity contribution is 4.97. The summed E-state index contributed by atoms with van der Waals surface area (Å²) in [6, 6.07) is 2.97. The number of hydrogen-bond donors (Lipinski definition) is 0. The molecule has 0 aromatic heterocycles. The predicted octanol–water partition coefficient (Wildman–Crippen LogP) is 3.21. The summed E-state index contributed by atoms with van der Waals surface area (Å²) in [5, 5.41) is 9.37. The van der Waals surface area contributed by atoms with Crippen LogP contribution in [-0.2, 0) is 4.74 Å². The summed E-state index contributed by atoms with van der Waals surface area (Å²) < 4.78 is 5.84. The molecule has 1 aliphatic heterocycles. The zero-order valence-electron chi connectivity index (χ0n) is 12.5. The quantitative estimate of drug-likeness (QED) is 0.782. The molecule has 3 heteroatoms. The van der Waals surface area contributed by atoms with Crippen molar-refractivity contribution in [1.82, 2.24) is 4.90 Å². The standard InChI is InChI=1S/C16H28N2O/c1-3-13-7-8-14(11-17)16(10-13)18(2)12-15-6-4-5-9-19-15/h13-16H,3-10,12H2,1-2H3. The number of ether oxygens (including phenoxy) is 1. The van der Waals surface area contributed by atoms with Gasteiger partial charge in [0.2, 0.25) is 0 Å². The van der Waals surface area contributed by atoms with Gasteiger partial charge in [0.25, 0.3) is 0 Å². The first kappa shape index (κ1) is 14.8.